The van der Waals surface area contributed by atoms with Crippen molar-refractivity contribution < 1.29 is 19.8 Å². The van der Waals surface area contributed by atoms with Crippen molar-refractivity contribution >= 4 is 27.9 Å². The zero-order valence-electron chi connectivity index (χ0n) is 11.0. The minimum absolute atomic E-state index is 0.0206. The number of nitrogens with one attached hydrogen (secondary N) is 1. The highest BCUT2D eigenvalue weighted by Crippen LogP contribution is 2.11. The number of carboxylic acids is 1. The summed E-state index contributed by atoms with van der Waals surface area (Å²) in [5, 5.41) is 20.0. The summed E-state index contributed by atoms with van der Waals surface area (Å²) in [6.45, 7) is 0.0677. The van der Waals surface area contributed by atoms with Gasteiger partial charge in [-0.25, -0.2) is 9.59 Å². The number of aliphatic hydroxyl groups excluding tert-OH is 1. The van der Waals surface area contributed by atoms with Crippen LogP contribution in [0.1, 0.15) is 12.0 Å². The van der Waals surface area contributed by atoms with E-state index in [-0.39, 0.29) is 13.0 Å². The summed E-state index contributed by atoms with van der Waals surface area (Å²) in [5.41, 5.74) is 0.930. The van der Waals surface area contributed by atoms with E-state index in [9.17, 15) is 9.59 Å². The number of urea groups is 1. The predicted molar refractivity (Wildman–Crippen MR) is 77.3 cm³/mol. The second-order valence-electron chi connectivity index (χ2n) is 4.34. The van der Waals surface area contributed by atoms with E-state index >= 15 is 0 Å². The molecule has 0 aromatic heterocycles. The number of hydrogen-bond donors (Lipinski definition) is 3. The topological polar surface area (TPSA) is 89.9 Å². The van der Waals surface area contributed by atoms with Crippen LogP contribution in [0.4, 0.5) is 4.79 Å². The van der Waals surface area contributed by atoms with Gasteiger partial charge in [0.25, 0.3) is 0 Å². The van der Waals surface area contributed by atoms with Gasteiger partial charge in [-0.3, -0.25) is 0 Å². The maximum Gasteiger partial charge on any atom is 0.326 e. The smallest absolute Gasteiger partial charge is 0.326 e. The first kappa shape index (κ1) is 16.5. The Morgan fingerprint density at radius 1 is 1.35 bits per heavy atom. The standard InChI is InChI=1S/C13H17BrN2O4/c1-16(8-9-2-4-10(14)5-3-9)13(20)15-11(6-7-17)12(18)19/h2-5,11,17H,6-8H2,1H3,(H,15,20)(H,18,19)/t11-/m0/s1. The van der Waals surface area contributed by atoms with E-state index in [2.05, 4.69) is 21.2 Å². The van der Waals surface area contributed by atoms with Crippen molar-refractivity contribution in [2.45, 2.75) is 19.0 Å². The van der Waals surface area contributed by atoms with Crippen LogP contribution in [0.5, 0.6) is 0 Å². The van der Waals surface area contributed by atoms with Crippen LogP contribution in [-0.4, -0.2) is 46.8 Å². The van der Waals surface area contributed by atoms with Crippen LogP contribution in [0.3, 0.4) is 0 Å². The summed E-state index contributed by atoms with van der Waals surface area (Å²) < 4.78 is 0.947. The van der Waals surface area contributed by atoms with Crippen LogP contribution in [0.15, 0.2) is 28.7 Å². The Kier molecular flexibility index (Phi) is 6.47. The number of carbonyl (C=O) groups excluding carboxylic acids is 1. The molecule has 0 fully saturated rings. The largest absolute Gasteiger partial charge is 0.480 e. The van der Waals surface area contributed by atoms with Crippen LogP contribution in [0.25, 0.3) is 0 Å². The Morgan fingerprint density at radius 3 is 2.45 bits per heavy atom. The number of hydrogen-bond acceptors (Lipinski definition) is 3. The molecule has 0 unspecified atom stereocenters. The molecule has 0 spiro atoms. The molecule has 6 nitrogen and oxygen atoms in total. The third-order valence-electron chi connectivity index (χ3n) is 2.69. The van der Waals surface area contributed by atoms with Crippen molar-refractivity contribution in [3.05, 3.63) is 34.3 Å². The number of nitrogens with zero attached hydrogens (tertiary/aromatic N) is 1. The van der Waals surface area contributed by atoms with E-state index in [1.807, 2.05) is 24.3 Å². The zero-order valence-corrected chi connectivity index (χ0v) is 12.6. The number of halogens is 1. The molecule has 7 heteroatoms. The molecule has 1 rings (SSSR count). The summed E-state index contributed by atoms with van der Waals surface area (Å²) in [7, 11) is 1.58. The minimum atomic E-state index is -1.16. The van der Waals surface area contributed by atoms with Crippen LogP contribution in [0.2, 0.25) is 0 Å². The molecule has 110 valence electrons. The second kappa shape index (κ2) is 7.86. The predicted octanol–water partition coefficient (Wildman–Crippen LogP) is 1.43. The summed E-state index contributed by atoms with van der Waals surface area (Å²) in [4.78, 5) is 24.1. The fourth-order valence-electron chi connectivity index (χ4n) is 1.58. The van der Waals surface area contributed by atoms with Gasteiger partial charge in [-0.15, -0.1) is 0 Å². The molecular formula is C13H17BrN2O4. The second-order valence-corrected chi connectivity index (χ2v) is 5.25. The molecule has 0 aliphatic carbocycles. The van der Waals surface area contributed by atoms with Gasteiger partial charge in [0.2, 0.25) is 0 Å². The van der Waals surface area contributed by atoms with Crippen molar-refractivity contribution in [3.63, 3.8) is 0 Å². The Morgan fingerprint density at radius 2 is 1.95 bits per heavy atom. The molecule has 0 saturated heterocycles. The number of amides is 2. The number of benzene rings is 1. The number of aliphatic hydroxyl groups is 1. The fraction of sp³-hybridized carbons (Fsp3) is 0.385. The molecular weight excluding hydrogens is 328 g/mol. The van der Waals surface area contributed by atoms with E-state index in [1.54, 1.807) is 7.05 Å². The van der Waals surface area contributed by atoms with Crippen LogP contribution in [-0.2, 0) is 11.3 Å². The van der Waals surface area contributed by atoms with Crippen molar-refractivity contribution in [3.8, 4) is 0 Å². The van der Waals surface area contributed by atoms with Crippen molar-refractivity contribution in [1.29, 1.82) is 0 Å². The summed E-state index contributed by atoms with van der Waals surface area (Å²) in [6.07, 6.45) is -0.0206. The van der Waals surface area contributed by atoms with Crippen LogP contribution >= 0.6 is 15.9 Å². The van der Waals surface area contributed by atoms with Gasteiger partial charge in [0.15, 0.2) is 0 Å². The molecule has 20 heavy (non-hydrogen) atoms. The molecule has 3 N–H and O–H groups in total. The van der Waals surface area contributed by atoms with E-state index in [4.69, 9.17) is 10.2 Å². The number of carboxylic acid groups (broad SMARTS) is 1. The normalized spacial score (nSPS) is 11.8. The van der Waals surface area contributed by atoms with E-state index in [0.29, 0.717) is 6.54 Å². The molecule has 0 aliphatic heterocycles. The fourth-order valence-corrected chi connectivity index (χ4v) is 1.85. The Labute approximate surface area is 125 Å². The molecule has 0 aliphatic rings. The van der Waals surface area contributed by atoms with E-state index in [1.165, 1.54) is 4.90 Å². The Hall–Kier alpha value is -1.60. The highest BCUT2D eigenvalue weighted by Gasteiger charge is 2.21. The van der Waals surface area contributed by atoms with Crippen molar-refractivity contribution in [2.75, 3.05) is 13.7 Å². The quantitative estimate of drug-likeness (QED) is 0.728. The van der Waals surface area contributed by atoms with Gasteiger partial charge in [-0.1, -0.05) is 28.1 Å². The van der Waals surface area contributed by atoms with Gasteiger partial charge < -0.3 is 20.4 Å². The SMILES string of the molecule is CN(Cc1ccc(Br)cc1)C(=O)N[C@@H](CCO)C(=O)O. The van der Waals surface area contributed by atoms with Gasteiger partial charge in [-0.05, 0) is 17.7 Å². The average molecular weight is 345 g/mol. The number of carbonyl (C=O) groups is 2. The average Bonchev–Trinajstić information content (AvgIpc) is 2.40. The van der Waals surface area contributed by atoms with Gasteiger partial charge in [-0.2, -0.15) is 0 Å². The Balaban J connectivity index is 2.57. The lowest BCUT2D eigenvalue weighted by Gasteiger charge is -2.21. The van der Waals surface area contributed by atoms with Crippen molar-refractivity contribution in [1.82, 2.24) is 10.2 Å². The van der Waals surface area contributed by atoms with Crippen LogP contribution in [0, 0.1) is 0 Å². The van der Waals surface area contributed by atoms with Crippen molar-refractivity contribution in [2.24, 2.45) is 0 Å². The highest BCUT2D eigenvalue weighted by molar-refractivity contribution is 9.10. The molecule has 1 aromatic rings. The molecule has 2 amide bonds. The van der Waals surface area contributed by atoms with Gasteiger partial charge in [0.1, 0.15) is 6.04 Å². The number of aliphatic carboxylic acids is 1. The minimum Gasteiger partial charge on any atom is -0.480 e. The molecule has 0 radical (unpaired) electrons. The molecule has 1 atom stereocenters. The zero-order chi connectivity index (χ0) is 15.1. The van der Waals surface area contributed by atoms with Gasteiger partial charge >= 0.3 is 12.0 Å². The van der Waals surface area contributed by atoms with Gasteiger partial charge in [0, 0.05) is 31.1 Å². The first-order chi connectivity index (χ1) is 9.43. The molecule has 0 bridgehead atoms. The summed E-state index contributed by atoms with van der Waals surface area (Å²) >= 11 is 3.32. The highest BCUT2D eigenvalue weighted by atomic mass is 79.9. The summed E-state index contributed by atoms with van der Waals surface area (Å²) in [6, 6.07) is 5.90. The number of rotatable bonds is 6. The lowest BCUT2D eigenvalue weighted by molar-refractivity contribution is -0.139. The maximum absolute atomic E-state index is 11.9. The third kappa shape index (κ3) is 5.18. The lowest BCUT2D eigenvalue weighted by Crippen LogP contribution is -2.46. The summed E-state index contributed by atoms with van der Waals surface area (Å²) in [5.74, 6) is -1.16. The molecule has 0 heterocycles. The first-order valence-electron chi connectivity index (χ1n) is 6.03. The Bertz CT molecular complexity index is 464. The third-order valence-corrected chi connectivity index (χ3v) is 3.22. The molecule has 0 saturated carbocycles. The van der Waals surface area contributed by atoms with Gasteiger partial charge in [0.05, 0.1) is 0 Å². The maximum atomic E-state index is 11.9. The van der Waals surface area contributed by atoms with Crippen LogP contribution < -0.4 is 5.32 Å². The van der Waals surface area contributed by atoms with E-state index in [0.717, 1.165) is 10.0 Å². The van der Waals surface area contributed by atoms with E-state index < -0.39 is 18.0 Å². The first-order valence-corrected chi connectivity index (χ1v) is 6.83. The molecule has 1 aromatic carbocycles. The monoisotopic (exact) mass is 344 g/mol. The lowest BCUT2D eigenvalue weighted by atomic mass is 10.2.